The molecule has 0 saturated carbocycles. The van der Waals surface area contributed by atoms with Crippen LogP contribution >= 0.6 is 0 Å². The minimum absolute atomic E-state index is 0.105. The highest BCUT2D eigenvalue weighted by molar-refractivity contribution is 7.89. The summed E-state index contributed by atoms with van der Waals surface area (Å²) in [6.45, 7) is 1.30. The highest BCUT2D eigenvalue weighted by Gasteiger charge is 2.26. The van der Waals surface area contributed by atoms with Gasteiger partial charge in [-0.2, -0.15) is 4.31 Å². The first kappa shape index (κ1) is 21.8. The normalized spacial score (nSPS) is 14.6. The number of furan rings is 1. The van der Waals surface area contributed by atoms with Gasteiger partial charge in [0.05, 0.1) is 24.4 Å². The topological polar surface area (TPSA) is 118 Å². The van der Waals surface area contributed by atoms with Gasteiger partial charge in [0.1, 0.15) is 0 Å². The van der Waals surface area contributed by atoms with E-state index in [2.05, 4.69) is 10.6 Å². The first-order chi connectivity index (χ1) is 15.4. The maximum absolute atomic E-state index is 12.8. The Balaban J connectivity index is 1.42. The third-order valence-corrected chi connectivity index (χ3v) is 6.74. The van der Waals surface area contributed by atoms with E-state index in [1.54, 1.807) is 48.5 Å². The molecule has 1 fully saturated rings. The Hall–Kier alpha value is -3.47. The molecule has 0 bridgehead atoms. The number of carbonyl (C=O) groups excluding carboxylic acids is 2. The highest BCUT2D eigenvalue weighted by Crippen LogP contribution is 2.21. The van der Waals surface area contributed by atoms with E-state index < -0.39 is 21.8 Å². The van der Waals surface area contributed by atoms with Gasteiger partial charge in [-0.05, 0) is 54.6 Å². The maximum Gasteiger partial charge on any atom is 0.291 e. The molecule has 9 nitrogen and oxygen atoms in total. The Morgan fingerprint density at radius 2 is 1.56 bits per heavy atom. The lowest BCUT2D eigenvalue weighted by atomic mass is 10.2. The zero-order valence-corrected chi connectivity index (χ0v) is 17.8. The Morgan fingerprint density at radius 3 is 2.25 bits per heavy atom. The van der Waals surface area contributed by atoms with Crippen LogP contribution in [0.1, 0.15) is 20.9 Å². The first-order valence-electron chi connectivity index (χ1n) is 9.88. The number of amides is 2. The van der Waals surface area contributed by atoms with E-state index in [0.29, 0.717) is 43.2 Å². The maximum atomic E-state index is 12.8. The second-order valence-corrected chi connectivity index (χ2v) is 8.95. The molecule has 2 amide bonds. The van der Waals surface area contributed by atoms with Crippen molar-refractivity contribution in [2.45, 2.75) is 4.90 Å². The molecule has 0 spiro atoms. The number of ether oxygens (including phenoxy) is 1. The summed E-state index contributed by atoms with van der Waals surface area (Å²) >= 11 is 0. The van der Waals surface area contributed by atoms with Gasteiger partial charge in [-0.1, -0.05) is 6.07 Å². The lowest BCUT2D eigenvalue weighted by Gasteiger charge is -2.26. The van der Waals surface area contributed by atoms with Crippen molar-refractivity contribution in [3.63, 3.8) is 0 Å². The van der Waals surface area contributed by atoms with Crippen molar-refractivity contribution in [2.24, 2.45) is 0 Å². The minimum atomic E-state index is -3.67. The fourth-order valence-electron chi connectivity index (χ4n) is 3.18. The van der Waals surface area contributed by atoms with Gasteiger partial charge in [-0.25, -0.2) is 8.42 Å². The lowest BCUT2D eigenvalue weighted by molar-refractivity contribution is 0.0730. The van der Waals surface area contributed by atoms with Gasteiger partial charge < -0.3 is 19.8 Å². The molecule has 166 valence electrons. The van der Waals surface area contributed by atoms with Crippen LogP contribution in [0.4, 0.5) is 11.4 Å². The third kappa shape index (κ3) is 4.88. The van der Waals surface area contributed by atoms with Crippen molar-refractivity contribution in [3.8, 4) is 0 Å². The molecule has 10 heteroatoms. The smallest absolute Gasteiger partial charge is 0.291 e. The van der Waals surface area contributed by atoms with Gasteiger partial charge in [0.25, 0.3) is 11.8 Å². The molecule has 1 aromatic heterocycles. The first-order valence-corrected chi connectivity index (χ1v) is 11.3. The van der Waals surface area contributed by atoms with E-state index >= 15 is 0 Å². The summed E-state index contributed by atoms with van der Waals surface area (Å²) in [6.07, 6.45) is 1.41. The SMILES string of the molecule is O=C(Nc1cccc(S(=O)(=O)N2CCOCC2)c1)c1ccc(NC(=O)c2ccco2)cc1. The molecule has 0 atom stereocenters. The van der Waals surface area contributed by atoms with Gasteiger partial charge in [0.2, 0.25) is 10.0 Å². The molecular formula is C22H21N3O6S. The quantitative estimate of drug-likeness (QED) is 0.590. The Bertz CT molecular complexity index is 1200. The number of benzene rings is 2. The molecule has 3 aromatic rings. The molecule has 1 saturated heterocycles. The highest BCUT2D eigenvalue weighted by atomic mass is 32.2. The molecule has 4 rings (SSSR count). The number of nitrogens with one attached hydrogen (secondary N) is 2. The van der Waals surface area contributed by atoms with Crippen LogP contribution in [-0.2, 0) is 14.8 Å². The number of anilines is 2. The van der Waals surface area contributed by atoms with Crippen molar-refractivity contribution in [1.29, 1.82) is 0 Å². The summed E-state index contributed by atoms with van der Waals surface area (Å²) in [5.74, 6) is -0.626. The zero-order chi connectivity index (χ0) is 22.6. The molecule has 1 aliphatic heterocycles. The van der Waals surface area contributed by atoms with Crippen molar-refractivity contribution in [2.75, 3.05) is 36.9 Å². The molecule has 32 heavy (non-hydrogen) atoms. The molecule has 0 aliphatic carbocycles. The van der Waals surface area contributed by atoms with Gasteiger partial charge in [-0.3, -0.25) is 9.59 Å². The largest absolute Gasteiger partial charge is 0.459 e. The zero-order valence-electron chi connectivity index (χ0n) is 17.0. The number of rotatable bonds is 6. The number of nitrogens with zero attached hydrogens (tertiary/aromatic N) is 1. The minimum Gasteiger partial charge on any atom is -0.459 e. The van der Waals surface area contributed by atoms with Crippen LogP contribution in [-0.4, -0.2) is 50.8 Å². The van der Waals surface area contributed by atoms with E-state index in [-0.39, 0.29) is 10.7 Å². The standard InChI is InChI=1S/C22H21N3O6S/c26-21(16-6-8-17(9-7-16)23-22(27)20-5-2-12-31-20)24-18-3-1-4-19(15-18)32(28,29)25-10-13-30-14-11-25/h1-9,12,15H,10-11,13-14H2,(H,23,27)(H,24,26). The van der Waals surface area contributed by atoms with E-state index in [9.17, 15) is 18.0 Å². The van der Waals surface area contributed by atoms with Crippen molar-refractivity contribution in [1.82, 2.24) is 4.31 Å². The van der Waals surface area contributed by atoms with Crippen molar-refractivity contribution in [3.05, 3.63) is 78.3 Å². The summed E-state index contributed by atoms with van der Waals surface area (Å²) in [5.41, 5.74) is 1.21. The molecular weight excluding hydrogens is 434 g/mol. The Labute approximate surface area is 185 Å². The van der Waals surface area contributed by atoms with Crippen molar-refractivity contribution >= 4 is 33.2 Å². The van der Waals surface area contributed by atoms with Crippen LogP contribution < -0.4 is 10.6 Å². The van der Waals surface area contributed by atoms with Gasteiger partial charge >= 0.3 is 0 Å². The average Bonchev–Trinajstić information content (AvgIpc) is 3.36. The molecule has 2 N–H and O–H groups in total. The summed E-state index contributed by atoms with van der Waals surface area (Å²) in [4.78, 5) is 24.7. The van der Waals surface area contributed by atoms with E-state index in [1.807, 2.05) is 0 Å². The summed E-state index contributed by atoms with van der Waals surface area (Å²) in [7, 11) is -3.67. The summed E-state index contributed by atoms with van der Waals surface area (Å²) < 4.78 is 37.3. The average molecular weight is 455 g/mol. The Morgan fingerprint density at radius 1 is 0.844 bits per heavy atom. The predicted molar refractivity (Wildman–Crippen MR) is 117 cm³/mol. The Kier molecular flexibility index (Phi) is 6.35. The molecule has 2 aromatic carbocycles. The molecule has 1 aliphatic rings. The van der Waals surface area contributed by atoms with Crippen LogP contribution in [0.15, 0.2) is 76.2 Å². The van der Waals surface area contributed by atoms with Crippen LogP contribution in [0, 0.1) is 0 Å². The van der Waals surface area contributed by atoms with Crippen LogP contribution in [0.25, 0.3) is 0 Å². The van der Waals surface area contributed by atoms with Crippen LogP contribution in [0.5, 0.6) is 0 Å². The summed E-state index contributed by atoms with van der Waals surface area (Å²) in [6, 6.07) is 15.6. The predicted octanol–water partition coefficient (Wildman–Crippen LogP) is 2.81. The monoisotopic (exact) mass is 455 g/mol. The molecule has 0 radical (unpaired) electrons. The fraction of sp³-hybridized carbons (Fsp3) is 0.182. The van der Waals surface area contributed by atoms with E-state index in [0.717, 1.165) is 0 Å². The molecule has 0 unspecified atom stereocenters. The van der Waals surface area contributed by atoms with Crippen LogP contribution in [0.3, 0.4) is 0 Å². The van der Waals surface area contributed by atoms with Gasteiger partial charge in [0.15, 0.2) is 5.76 Å². The second kappa shape index (κ2) is 9.35. The number of carbonyl (C=O) groups is 2. The lowest BCUT2D eigenvalue weighted by Crippen LogP contribution is -2.40. The number of morpholine rings is 1. The summed E-state index contributed by atoms with van der Waals surface area (Å²) in [5, 5.41) is 5.38. The number of hydrogen-bond donors (Lipinski definition) is 2. The number of hydrogen-bond acceptors (Lipinski definition) is 6. The van der Waals surface area contributed by atoms with Gasteiger partial charge in [-0.15, -0.1) is 0 Å². The molecule has 2 heterocycles. The fourth-order valence-corrected chi connectivity index (χ4v) is 4.63. The van der Waals surface area contributed by atoms with Crippen molar-refractivity contribution < 1.29 is 27.2 Å². The second-order valence-electron chi connectivity index (χ2n) is 7.01. The van der Waals surface area contributed by atoms with Crippen LogP contribution in [0.2, 0.25) is 0 Å². The van der Waals surface area contributed by atoms with E-state index in [1.165, 1.54) is 22.7 Å². The third-order valence-electron chi connectivity index (χ3n) is 4.85. The number of sulfonamides is 1. The van der Waals surface area contributed by atoms with E-state index in [4.69, 9.17) is 9.15 Å². The van der Waals surface area contributed by atoms with Gasteiger partial charge in [0, 0.05) is 30.0 Å².